The molecule has 0 atom stereocenters. The number of methoxy groups -OCH3 is 1. The van der Waals surface area contributed by atoms with Crippen molar-refractivity contribution in [2.24, 2.45) is 0 Å². The monoisotopic (exact) mass is 481 g/mol. The Morgan fingerprint density at radius 3 is 2.85 bits per heavy atom. The number of halogens is 1. The number of ether oxygens (including phenoxy) is 2. The number of aromatic nitrogens is 1. The number of carbonyl (C=O) groups is 1. The van der Waals surface area contributed by atoms with Gasteiger partial charge in [0.05, 0.1) is 13.7 Å². The second-order valence-electron chi connectivity index (χ2n) is 7.17. The van der Waals surface area contributed by atoms with E-state index in [1.807, 2.05) is 30.3 Å². The Hall–Kier alpha value is -3.34. The van der Waals surface area contributed by atoms with Gasteiger partial charge in [0.1, 0.15) is 11.6 Å². The summed E-state index contributed by atoms with van der Waals surface area (Å²) in [6, 6.07) is 14.8. The number of amides is 1. The van der Waals surface area contributed by atoms with Crippen LogP contribution in [0.4, 0.5) is 5.13 Å². The minimum absolute atomic E-state index is 0.0386. The van der Waals surface area contributed by atoms with Crippen LogP contribution in [0.5, 0.6) is 11.5 Å². The second kappa shape index (κ2) is 12.0. The molecule has 0 unspecified atom stereocenters. The van der Waals surface area contributed by atoms with Crippen LogP contribution in [0.1, 0.15) is 35.8 Å². The lowest BCUT2D eigenvalue weighted by Gasteiger charge is -2.11. The molecule has 1 amide bonds. The van der Waals surface area contributed by atoms with Gasteiger partial charge >= 0.3 is 0 Å². The van der Waals surface area contributed by atoms with Crippen molar-refractivity contribution in [2.75, 3.05) is 19.0 Å². The predicted molar refractivity (Wildman–Crippen MR) is 132 cm³/mol. The number of rotatable bonds is 10. The Morgan fingerprint density at radius 1 is 1.27 bits per heavy atom. The zero-order valence-corrected chi connectivity index (χ0v) is 20.0. The first-order valence-electron chi connectivity index (χ1n) is 10.5. The van der Waals surface area contributed by atoms with Crippen LogP contribution in [0.3, 0.4) is 0 Å². The molecular weight excluding hydrogens is 458 g/mol. The topological polar surface area (TPSA) is 84.2 Å². The van der Waals surface area contributed by atoms with Crippen LogP contribution in [-0.2, 0) is 11.2 Å². The summed E-state index contributed by atoms with van der Waals surface area (Å²) in [5, 5.41) is 13.3. The first-order chi connectivity index (χ1) is 16.0. The van der Waals surface area contributed by atoms with Crippen molar-refractivity contribution < 1.29 is 14.3 Å². The van der Waals surface area contributed by atoms with Gasteiger partial charge in [-0.05, 0) is 47.9 Å². The van der Waals surface area contributed by atoms with Crippen LogP contribution in [-0.4, -0.2) is 24.6 Å². The SMILES string of the molecule is CCCCOc1ccc(/C=C(\C#N)C(=O)Nc2ncc(Cc3cccc(Cl)c3)s2)cc1OC. The van der Waals surface area contributed by atoms with E-state index in [0.29, 0.717) is 40.2 Å². The average Bonchev–Trinajstić information content (AvgIpc) is 3.24. The molecule has 0 aliphatic rings. The lowest BCUT2D eigenvalue weighted by molar-refractivity contribution is -0.112. The molecule has 0 radical (unpaired) electrons. The van der Waals surface area contributed by atoms with E-state index in [9.17, 15) is 10.1 Å². The molecule has 1 aromatic heterocycles. The molecule has 2 aromatic carbocycles. The highest BCUT2D eigenvalue weighted by Crippen LogP contribution is 2.29. The van der Waals surface area contributed by atoms with E-state index >= 15 is 0 Å². The van der Waals surface area contributed by atoms with Crippen LogP contribution in [0.25, 0.3) is 6.08 Å². The summed E-state index contributed by atoms with van der Waals surface area (Å²) in [5.41, 5.74) is 1.67. The summed E-state index contributed by atoms with van der Waals surface area (Å²) in [4.78, 5) is 17.9. The zero-order chi connectivity index (χ0) is 23.6. The Kier molecular flexibility index (Phi) is 8.87. The summed E-state index contributed by atoms with van der Waals surface area (Å²) in [6.07, 6.45) is 5.85. The van der Waals surface area contributed by atoms with Gasteiger partial charge in [0, 0.05) is 22.5 Å². The quantitative estimate of drug-likeness (QED) is 0.214. The van der Waals surface area contributed by atoms with E-state index in [2.05, 4.69) is 17.2 Å². The summed E-state index contributed by atoms with van der Waals surface area (Å²) in [7, 11) is 1.55. The van der Waals surface area contributed by atoms with E-state index in [4.69, 9.17) is 21.1 Å². The third kappa shape index (κ3) is 7.07. The fourth-order valence-corrected chi connectivity index (χ4v) is 4.05. The van der Waals surface area contributed by atoms with Crippen LogP contribution >= 0.6 is 22.9 Å². The number of nitrogens with one attached hydrogen (secondary N) is 1. The predicted octanol–water partition coefficient (Wildman–Crippen LogP) is 6.12. The zero-order valence-electron chi connectivity index (χ0n) is 18.4. The van der Waals surface area contributed by atoms with Crippen LogP contribution < -0.4 is 14.8 Å². The number of hydrogen-bond acceptors (Lipinski definition) is 6. The lowest BCUT2D eigenvalue weighted by atomic mass is 10.1. The maximum Gasteiger partial charge on any atom is 0.268 e. The molecule has 170 valence electrons. The van der Waals surface area contributed by atoms with Gasteiger partial charge in [-0.3, -0.25) is 10.1 Å². The molecule has 0 saturated carbocycles. The van der Waals surface area contributed by atoms with Crippen molar-refractivity contribution in [3.05, 3.63) is 75.3 Å². The molecule has 33 heavy (non-hydrogen) atoms. The van der Waals surface area contributed by atoms with Crippen LogP contribution in [0.15, 0.2) is 54.2 Å². The van der Waals surface area contributed by atoms with Crippen molar-refractivity contribution in [1.29, 1.82) is 5.26 Å². The van der Waals surface area contributed by atoms with Gasteiger partial charge in [0.15, 0.2) is 16.6 Å². The molecule has 0 fully saturated rings. The van der Waals surface area contributed by atoms with Gasteiger partial charge in [-0.2, -0.15) is 5.26 Å². The standard InChI is InChI=1S/C25H24ClN3O3S/c1-3-4-10-32-22-9-8-18(14-23(22)31-2)11-19(15-27)24(30)29-25-28-16-21(33-25)13-17-6-5-7-20(26)12-17/h5-9,11-12,14,16H,3-4,10,13H2,1-2H3,(H,28,29,30)/b19-11+. The van der Waals surface area contributed by atoms with Crippen molar-refractivity contribution >= 4 is 40.1 Å². The molecule has 6 nitrogen and oxygen atoms in total. The number of thiazole rings is 1. The van der Waals surface area contributed by atoms with Gasteiger partial charge in [-0.1, -0.05) is 43.1 Å². The molecule has 0 saturated heterocycles. The summed E-state index contributed by atoms with van der Waals surface area (Å²) in [6.45, 7) is 2.69. The van der Waals surface area contributed by atoms with Crippen molar-refractivity contribution in [3.63, 3.8) is 0 Å². The van der Waals surface area contributed by atoms with E-state index in [1.165, 1.54) is 17.4 Å². The van der Waals surface area contributed by atoms with E-state index in [1.54, 1.807) is 31.5 Å². The Morgan fingerprint density at radius 2 is 2.12 bits per heavy atom. The molecular formula is C25H24ClN3O3S. The number of unbranched alkanes of at least 4 members (excludes halogenated alkanes) is 1. The minimum Gasteiger partial charge on any atom is -0.493 e. The summed E-state index contributed by atoms with van der Waals surface area (Å²) in [5.74, 6) is 0.646. The molecule has 0 aliphatic carbocycles. The molecule has 8 heteroatoms. The number of carbonyl (C=O) groups excluding carboxylic acids is 1. The van der Waals surface area contributed by atoms with Gasteiger partial charge in [0.25, 0.3) is 5.91 Å². The molecule has 1 heterocycles. The Bertz CT molecular complexity index is 1180. The third-order valence-corrected chi connectivity index (χ3v) is 5.81. The highest BCUT2D eigenvalue weighted by molar-refractivity contribution is 7.15. The van der Waals surface area contributed by atoms with Crippen molar-refractivity contribution in [3.8, 4) is 17.6 Å². The Balaban J connectivity index is 1.69. The highest BCUT2D eigenvalue weighted by atomic mass is 35.5. The highest BCUT2D eigenvalue weighted by Gasteiger charge is 2.13. The van der Waals surface area contributed by atoms with Gasteiger partial charge < -0.3 is 9.47 Å². The fourth-order valence-electron chi connectivity index (χ4n) is 2.99. The van der Waals surface area contributed by atoms with E-state index in [0.717, 1.165) is 23.3 Å². The average molecular weight is 482 g/mol. The van der Waals surface area contributed by atoms with E-state index in [-0.39, 0.29) is 5.57 Å². The molecule has 3 rings (SSSR count). The summed E-state index contributed by atoms with van der Waals surface area (Å²) < 4.78 is 11.1. The molecule has 1 N–H and O–H groups in total. The van der Waals surface area contributed by atoms with Crippen LogP contribution in [0, 0.1) is 11.3 Å². The largest absolute Gasteiger partial charge is 0.493 e. The second-order valence-corrected chi connectivity index (χ2v) is 8.73. The number of nitriles is 1. The van der Waals surface area contributed by atoms with Crippen molar-refractivity contribution in [2.45, 2.75) is 26.2 Å². The first-order valence-corrected chi connectivity index (χ1v) is 11.6. The smallest absolute Gasteiger partial charge is 0.268 e. The lowest BCUT2D eigenvalue weighted by Crippen LogP contribution is -2.13. The number of hydrogen-bond donors (Lipinski definition) is 1. The van der Waals surface area contributed by atoms with Gasteiger partial charge in [-0.15, -0.1) is 11.3 Å². The van der Waals surface area contributed by atoms with Gasteiger partial charge in [0.2, 0.25) is 0 Å². The summed E-state index contributed by atoms with van der Waals surface area (Å²) >= 11 is 7.39. The normalized spacial score (nSPS) is 11.0. The first kappa shape index (κ1) is 24.3. The molecule has 0 aliphatic heterocycles. The van der Waals surface area contributed by atoms with Gasteiger partial charge in [-0.25, -0.2) is 4.98 Å². The van der Waals surface area contributed by atoms with E-state index < -0.39 is 5.91 Å². The maximum absolute atomic E-state index is 12.6. The fraction of sp³-hybridized carbons (Fsp3) is 0.240. The van der Waals surface area contributed by atoms with Crippen molar-refractivity contribution in [1.82, 2.24) is 4.98 Å². The molecule has 0 spiro atoms. The molecule has 3 aromatic rings. The maximum atomic E-state index is 12.6. The Labute approximate surface area is 202 Å². The minimum atomic E-state index is -0.525. The number of nitrogens with zero attached hydrogens (tertiary/aromatic N) is 2. The number of benzene rings is 2. The van der Waals surface area contributed by atoms with Crippen LogP contribution in [0.2, 0.25) is 5.02 Å². The molecule has 0 bridgehead atoms. The third-order valence-electron chi connectivity index (χ3n) is 4.66. The number of anilines is 1.